The molecule has 1 aromatic heterocycles. The van der Waals surface area contributed by atoms with E-state index in [0.717, 1.165) is 6.42 Å². The molecule has 0 aliphatic rings. The maximum absolute atomic E-state index is 12.5. The van der Waals surface area contributed by atoms with E-state index in [9.17, 15) is 9.59 Å². The van der Waals surface area contributed by atoms with E-state index in [4.69, 9.17) is 9.47 Å². The molecule has 0 atom stereocenters. The van der Waals surface area contributed by atoms with Gasteiger partial charge in [-0.05, 0) is 41.0 Å². The minimum Gasteiger partial charge on any atom is -0.492 e. The molecule has 7 nitrogen and oxygen atoms in total. The Morgan fingerprint density at radius 2 is 1.82 bits per heavy atom. The third kappa shape index (κ3) is 8.15. The van der Waals surface area contributed by atoms with Gasteiger partial charge in [0.2, 0.25) is 0 Å². The van der Waals surface area contributed by atoms with E-state index in [1.54, 1.807) is 32.4 Å². The van der Waals surface area contributed by atoms with E-state index in [2.05, 4.69) is 17.0 Å². The van der Waals surface area contributed by atoms with Gasteiger partial charge < -0.3 is 14.8 Å². The van der Waals surface area contributed by atoms with Crippen LogP contribution in [0.3, 0.4) is 0 Å². The average Bonchev–Trinajstić information content (AvgIpc) is 2.92. The first-order chi connectivity index (χ1) is 13.1. The molecule has 1 aromatic rings. The number of nitrogens with one attached hydrogen (secondary N) is 1. The Kier molecular flexibility index (Phi) is 11.2. The zero-order valence-electron chi connectivity index (χ0n) is 18.8. The predicted octanol–water partition coefficient (Wildman–Crippen LogP) is 4.73. The van der Waals surface area contributed by atoms with E-state index in [1.165, 1.54) is 0 Å². The smallest absolute Gasteiger partial charge is 0.407 e. The molecule has 0 fully saturated rings. The summed E-state index contributed by atoms with van der Waals surface area (Å²) in [5.74, 6) is 0.428. The van der Waals surface area contributed by atoms with Crippen molar-refractivity contribution in [3.8, 4) is 0 Å². The summed E-state index contributed by atoms with van der Waals surface area (Å²) < 4.78 is 12.4. The van der Waals surface area contributed by atoms with Gasteiger partial charge in [-0.25, -0.2) is 4.79 Å². The summed E-state index contributed by atoms with van der Waals surface area (Å²) in [7, 11) is 0. The number of aryl methyl sites for hydroxylation is 1. The molecule has 0 saturated heterocycles. The summed E-state index contributed by atoms with van der Waals surface area (Å²) >= 11 is 0. The van der Waals surface area contributed by atoms with Crippen LogP contribution in [0.4, 0.5) is 4.79 Å². The molecule has 0 aliphatic heterocycles. The molecule has 0 unspecified atom stereocenters. The van der Waals surface area contributed by atoms with Gasteiger partial charge in [-0.2, -0.15) is 5.10 Å². The molecular weight excluding hydrogens is 358 g/mol. The number of nitrogens with zero attached hydrogens (tertiary/aromatic N) is 2. The number of ether oxygens (including phenoxy) is 2. The molecule has 0 aliphatic carbocycles. The van der Waals surface area contributed by atoms with E-state index in [0.29, 0.717) is 48.8 Å². The van der Waals surface area contributed by atoms with Gasteiger partial charge in [0, 0.05) is 13.0 Å². The first kappa shape index (κ1) is 25.7. The van der Waals surface area contributed by atoms with Gasteiger partial charge in [-0.15, -0.1) is 0 Å². The summed E-state index contributed by atoms with van der Waals surface area (Å²) in [6, 6.07) is 0. The Morgan fingerprint density at radius 1 is 1.21 bits per heavy atom. The lowest BCUT2D eigenvalue weighted by atomic mass is 10.0. The standard InChI is InChI=1S/C19H31N3O4.C2H6/c1-8-10-15(23)16-13(3)21-22(17(16)14(4)25-9-2)12-11-20-18(24)26-19(5,6)7;1-2/h4,8-12H2,1-3,5-7H3,(H,20,24);1-2H3. The fourth-order valence-electron chi connectivity index (χ4n) is 2.53. The summed E-state index contributed by atoms with van der Waals surface area (Å²) in [4.78, 5) is 24.3. The summed E-state index contributed by atoms with van der Waals surface area (Å²) in [6.45, 7) is 20.1. The van der Waals surface area contributed by atoms with E-state index in [-0.39, 0.29) is 5.78 Å². The second-order valence-corrected chi connectivity index (χ2v) is 6.99. The quantitative estimate of drug-likeness (QED) is 0.483. The van der Waals surface area contributed by atoms with Crippen molar-refractivity contribution in [1.82, 2.24) is 15.1 Å². The van der Waals surface area contributed by atoms with Crippen molar-refractivity contribution in [2.75, 3.05) is 13.2 Å². The van der Waals surface area contributed by atoms with Crippen LogP contribution in [0, 0.1) is 6.92 Å². The molecule has 1 heterocycles. The molecule has 28 heavy (non-hydrogen) atoms. The number of hydrogen-bond acceptors (Lipinski definition) is 5. The third-order valence-electron chi connectivity index (χ3n) is 3.46. The number of carbonyl (C=O) groups is 2. The van der Waals surface area contributed by atoms with Crippen molar-refractivity contribution in [3.63, 3.8) is 0 Å². The van der Waals surface area contributed by atoms with Crippen LogP contribution in [-0.2, 0) is 16.0 Å². The van der Waals surface area contributed by atoms with Gasteiger partial charge in [-0.3, -0.25) is 9.48 Å². The van der Waals surface area contributed by atoms with Crippen molar-refractivity contribution in [3.05, 3.63) is 23.5 Å². The normalized spacial score (nSPS) is 10.6. The van der Waals surface area contributed by atoms with Crippen LogP contribution < -0.4 is 5.32 Å². The van der Waals surface area contributed by atoms with Crippen LogP contribution in [0.5, 0.6) is 0 Å². The first-order valence-electron chi connectivity index (χ1n) is 10.00. The monoisotopic (exact) mass is 395 g/mol. The van der Waals surface area contributed by atoms with Crippen LogP contribution in [0.25, 0.3) is 5.76 Å². The lowest BCUT2D eigenvalue weighted by Gasteiger charge is -2.19. The highest BCUT2D eigenvalue weighted by Gasteiger charge is 2.24. The van der Waals surface area contributed by atoms with Crippen molar-refractivity contribution in [1.29, 1.82) is 0 Å². The molecule has 1 rings (SSSR count). The fourth-order valence-corrected chi connectivity index (χ4v) is 2.53. The minimum atomic E-state index is -0.555. The molecule has 1 amide bonds. The Hall–Kier alpha value is -2.31. The number of carbonyl (C=O) groups excluding carboxylic acids is 2. The summed E-state index contributed by atoms with van der Waals surface area (Å²) in [5.41, 5.74) is 1.20. The third-order valence-corrected chi connectivity index (χ3v) is 3.46. The van der Waals surface area contributed by atoms with Gasteiger partial charge >= 0.3 is 6.09 Å². The van der Waals surface area contributed by atoms with Crippen molar-refractivity contribution >= 4 is 17.6 Å². The molecule has 0 radical (unpaired) electrons. The molecule has 160 valence electrons. The topological polar surface area (TPSA) is 82.5 Å². The Balaban J connectivity index is 0.00000352. The molecule has 1 N–H and O–H groups in total. The van der Waals surface area contributed by atoms with Crippen LogP contribution in [0.2, 0.25) is 0 Å². The zero-order valence-corrected chi connectivity index (χ0v) is 18.8. The zero-order chi connectivity index (χ0) is 21.9. The number of ketones is 1. The van der Waals surface area contributed by atoms with E-state index >= 15 is 0 Å². The highest BCUT2D eigenvalue weighted by atomic mass is 16.6. The number of rotatable bonds is 9. The van der Waals surface area contributed by atoms with Crippen LogP contribution in [-0.4, -0.2) is 40.4 Å². The second-order valence-electron chi connectivity index (χ2n) is 6.99. The second kappa shape index (κ2) is 12.2. The molecule has 0 saturated carbocycles. The lowest BCUT2D eigenvalue weighted by molar-refractivity contribution is 0.0525. The van der Waals surface area contributed by atoms with Gasteiger partial charge in [-0.1, -0.05) is 27.4 Å². The summed E-state index contributed by atoms with van der Waals surface area (Å²) in [5, 5.41) is 7.14. The maximum Gasteiger partial charge on any atom is 0.407 e. The van der Waals surface area contributed by atoms with Crippen molar-refractivity contribution in [2.24, 2.45) is 0 Å². The molecular formula is C21H37N3O4. The Bertz CT molecular complexity index is 657. The SMILES string of the molecule is C=C(OCC)c1c(C(=O)CCC)c(C)nn1CCNC(=O)OC(C)(C)C.CC. The van der Waals surface area contributed by atoms with Gasteiger partial charge in [0.15, 0.2) is 5.78 Å². The highest BCUT2D eigenvalue weighted by molar-refractivity contribution is 6.00. The number of aromatic nitrogens is 2. The summed E-state index contributed by atoms with van der Waals surface area (Å²) in [6.07, 6.45) is 0.702. The van der Waals surface area contributed by atoms with E-state index in [1.807, 2.05) is 27.7 Å². The predicted molar refractivity (Wildman–Crippen MR) is 112 cm³/mol. The van der Waals surface area contributed by atoms with Crippen molar-refractivity contribution in [2.45, 2.75) is 80.4 Å². The van der Waals surface area contributed by atoms with Gasteiger partial charge in [0.1, 0.15) is 17.1 Å². The van der Waals surface area contributed by atoms with Crippen LogP contribution in [0.1, 0.15) is 83.1 Å². The maximum atomic E-state index is 12.5. The number of hydrogen-bond donors (Lipinski definition) is 1. The largest absolute Gasteiger partial charge is 0.492 e. The Morgan fingerprint density at radius 3 is 2.32 bits per heavy atom. The fraction of sp³-hybridized carbons (Fsp3) is 0.667. The molecule has 0 spiro atoms. The van der Waals surface area contributed by atoms with Gasteiger partial charge in [0.05, 0.1) is 24.4 Å². The Labute approximate surface area is 169 Å². The van der Waals surface area contributed by atoms with E-state index < -0.39 is 11.7 Å². The number of alkyl carbamates (subject to hydrolysis) is 1. The molecule has 7 heteroatoms. The average molecular weight is 396 g/mol. The minimum absolute atomic E-state index is 0.0206. The van der Waals surface area contributed by atoms with Crippen molar-refractivity contribution < 1.29 is 19.1 Å². The highest BCUT2D eigenvalue weighted by Crippen LogP contribution is 2.24. The lowest BCUT2D eigenvalue weighted by Crippen LogP contribution is -2.34. The van der Waals surface area contributed by atoms with Crippen LogP contribution >= 0.6 is 0 Å². The van der Waals surface area contributed by atoms with Crippen LogP contribution in [0.15, 0.2) is 6.58 Å². The van der Waals surface area contributed by atoms with Gasteiger partial charge in [0.25, 0.3) is 0 Å². The number of amides is 1. The molecule has 0 bridgehead atoms. The first-order valence-corrected chi connectivity index (χ1v) is 10.00. The molecule has 0 aromatic carbocycles. The number of Topliss-reactive ketones (excluding diaryl/α,β-unsaturated/α-hetero) is 1.